The van der Waals surface area contributed by atoms with Gasteiger partial charge in [0.1, 0.15) is 0 Å². The molecular weight excluding hydrogens is 180 g/mol. The Morgan fingerprint density at radius 3 is 2.50 bits per heavy atom. The second-order valence-corrected chi connectivity index (χ2v) is 2.65. The Hall–Kier alpha value is -2.04. The summed E-state index contributed by atoms with van der Waals surface area (Å²) in [6.45, 7) is 1.38. The van der Waals surface area contributed by atoms with Gasteiger partial charge in [-0.3, -0.25) is 15.6 Å². The Balaban J connectivity index is 2.53. The number of para-hydroxylation sites is 1. The van der Waals surface area contributed by atoms with Gasteiger partial charge in [-0.15, -0.1) is 0 Å². The number of rotatable bonds is 3. The summed E-state index contributed by atoms with van der Waals surface area (Å²) in [7, 11) is 0. The lowest BCUT2D eigenvalue weighted by Crippen LogP contribution is -2.35. The molecule has 0 spiro atoms. The van der Waals surface area contributed by atoms with Crippen LogP contribution in [0.2, 0.25) is 0 Å². The monoisotopic (exact) mass is 192 g/mol. The molecule has 0 fully saturated rings. The van der Waals surface area contributed by atoms with Crippen molar-refractivity contribution >= 4 is 17.3 Å². The van der Waals surface area contributed by atoms with E-state index in [9.17, 15) is 4.79 Å². The lowest BCUT2D eigenvalue weighted by atomic mass is 10.3. The number of nitrogens with zero attached hydrogens (tertiary/aromatic N) is 1. The second-order valence-electron chi connectivity index (χ2n) is 2.65. The number of anilines is 1. The van der Waals surface area contributed by atoms with E-state index in [0.717, 1.165) is 5.69 Å². The number of carbonyl (C=O) groups is 1. The first-order valence-electron chi connectivity index (χ1n) is 4.10. The third kappa shape index (κ3) is 2.78. The van der Waals surface area contributed by atoms with Gasteiger partial charge in [0.2, 0.25) is 5.84 Å². The average Bonchev–Trinajstić information content (AvgIpc) is 2.20. The van der Waals surface area contributed by atoms with Crippen molar-refractivity contribution in [1.82, 2.24) is 5.43 Å². The number of hydrazone groups is 1. The molecule has 4 N–H and O–H groups in total. The summed E-state index contributed by atoms with van der Waals surface area (Å²) in [5.74, 6) is 4.87. The lowest BCUT2D eigenvalue weighted by Gasteiger charge is -2.08. The molecule has 0 heterocycles. The van der Waals surface area contributed by atoms with Crippen molar-refractivity contribution in [3.63, 3.8) is 0 Å². The van der Waals surface area contributed by atoms with Crippen LogP contribution in [0.3, 0.4) is 0 Å². The topological polar surface area (TPSA) is 79.5 Å². The zero-order valence-corrected chi connectivity index (χ0v) is 7.82. The SMILES string of the molecule is CC(=O)/C(=N/N)NNc1ccccc1. The van der Waals surface area contributed by atoms with Gasteiger partial charge >= 0.3 is 0 Å². The number of carbonyl (C=O) groups excluding carboxylic acids is 1. The molecule has 0 amide bonds. The number of benzene rings is 1. The molecule has 0 atom stereocenters. The van der Waals surface area contributed by atoms with Crippen LogP contribution in [-0.2, 0) is 4.79 Å². The van der Waals surface area contributed by atoms with Crippen LogP contribution in [0.5, 0.6) is 0 Å². The number of hydrogen-bond donors (Lipinski definition) is 3. The highest BCUT2D eigenvalue weighted by Gasteiger charge is 2.03. The molecule has 5 heteroatoms. The number of nitrogens with two attached hydrogens (primary N) is 1. The van der Waals surface area contributed by atoms with Crippen molar-refractivity contribution in [3.05, 3.63) is 30.3 Å². The van der Waals surface area contributed by atoms with Gasteiger partial charge in [-0.2, -0.15) is 5.10 Å². The van der Waals surface area contributed by atoms with E-state index in [0.29, 0.717) is 0 Å². The fourth-order valence-electron chi connectivity index (χ4n) is 0.864. The number of nitrogens with one attached hydrogen (secondary N) is 2. The van der Waals surface area contributed by atoms with Crippen molar-refractivity contribution in [2.45, 2.75) is 6.92 Å². The van der Waals surface area contributed by atoms with Gasteiger partial charge in [0.15, 0.2) is 5.78 Å². The minimum absolute atomic E-state index is 0.0915. The third-order valence-electron chi connectivity index (χ3n) is 1.56. The number of hydrazine groups is 1. The number of Topliss-reactive ketones (excluding diaryl/α,β-unsaturated/α-hetero) is 1. The minimum atomic E-state index is -0.226. The van der Waals surface area contributed by atoms with Crippen LogP contribution in [0.4, 0.5) is 5.69 Å². The quantitative estimate of drug-likeness (QED) is 0.281. The zero-order valence-electron chi connectivity index (χ0n) is 7.82. The van der Waals surface area contributed by atoms with Gasteiger partial charge in [0, 0.05) is 6.92 Å². The molecule has 0 radical (unpaired) electrons. The molecule has 0 aliphatic carbocycles. The van der Waals surface area contributed by atoms with Crippen molar-refractivity contribution in [1.29, 1.82) is 0 Å². The van der Waals surface area contributed by atoms with Crippen molar-refractivity contribution in [3.8, 4) is 0 Å². The largest absolute Gasteiger partial charge is 0.321 e. The minimum Gasteiger partial charge on any atom is -0.321 e. The fraction of sp³-hybridized carbons (Fsp3) is 0.111. The molecule has 14 heavy (non-hydrogen) atoms. The molecule has 1 rings (SSSR count). The molecule has 0 bridgehead atoms. The molecule has 5 nitrogen and oxygen atoms in total. The van der Waals surface area contributed by atoms with Crippen molar-refractivity contribution in [2.75, 3.05) is 5.43 Å². The van der Waals surface area contributed by atoms with Gasteiger partial charge in [-0.1, -0.05) is 18.2 Å². The molecule has 0 saturated carbocycles. The Labute approximate surface area is 82.0 Å². The van der Waals surface area contributed by atoms with Crippen LogP contribution in [-0.4, -0.2) is 11.6 Å². The van der Waals surface area contributed by atoms with Gasteiger partial charge < -0.3 is 5.84 Å². The fourth-order valence-corrected chi connectivity index (χ4v) is 0.864. The Morgan fingerprint density at radius 2 is 2.00 bits per heavy atom. The lowest BCUT2D eigenvalue weighted by molar-refractivity contribution is -0.111. The molecule has 0 aliphatic rings. The normalized spacial score (nSPS) is 10.8. The average molecular weight is 192 g/mol. The van der Waals surface area contributed by atoms with Gasteiger partial charge in [0.05, 0.1) is 5.69 Å². The first-order valence-corrected chi connectivity index (χ1v) is 4.10. The first kappa shape index (κ1) is 10.0. The molecule has 0 unspecified atom stereocenters. The predicted molar refractivity (Wildman–Crippen MR) is 55.5 cm³/mol. The molecule has 1 aromatic carbocycles. The van der Waals surface area contributed by atoms with E-state index in [1.807, 2.05) is 30.3 Å². The van der Waals surface area contributed by atoms with E-state index in [2.05, 4.69) is 16.0 Å². The van der Waals surface area contributed by atoms with Crippen LogP contribution < -0.4 is 16.7 Å². The summed E-state index contributed by atoms with van der Waals surface area (Å²) in [6, 6.07) is 9.34. The molecule has 0 aromatic heterocycles. The maximum atomic E-state index is 10.9. The maximum absolute atomic E-state index is 10.9. The van der Waals surface area contributed by atoms with E-state index in [1.54, 1.807) is 0 Å². The van der Waals surface area contributed by atoms with Gasteiger partial charge in [-0.25, -0.2) is 0 Å². The molecule has 74 valence electrons. The highest BCUT2D eigenvalue weighted by molar-refractivity contribution is 6.37. The Morgan fingerprint density at radius 1 is 1.36 bits per heavy atom. The second kappa shape index (κ2) is 4.86. The summed E-state index contributed by atoms with van der Waals surface area (Å²) in [6.07, 6.45) is 0. The summed E-state index contributed by atoms with van der Waals surface area (Å²) in [5, 5.41) is 3.30. The summed E-state index contributed by atoms with van der Waals surface area (Å²) < 4.78 is 0. The highest BCUT2D eigenvalue weighted by atomic mass is 16.1. The van der Waals surface area contributed by atoms with Crippen LogP contribution in [0.1, 0.15) is 6.92 Å². The number of ketones is 1. The summed E-state index contributed by atoms with van der Waals surface area (Å²) in [5.41, 5.74) is 6.23. The molecule has 0 saturated heterocycles. The third-order valence-corrected chi connectivity index (χ3v) is 1.56. The Bertz CT molecular complexity index is 334. The van der Waals surface area contributed by atoms with E-state index < -0.39 is 0 Å². The first-order chi connectivity index (χ1) is 6.74. The van der Waals surface area contributed by atoms with Crippen LogP contribution in [0.25, 0.3) is 0 Å². The van der Waals surface area contributed by atoms with Crippen molar-refractivity contribution < 1.29 is 4.79 Å². The number of hydrogen-bond acceptors (Lipinski definition) is 4. The van der Waals surface area contributed by atoms with Gasteiger partial charge in [-0.05, 0) is 12.1 Å². The molecule has 1 aromatic rings. The predicted octanol–water partition coefficient (Wildman–Crippen LogP) is 0.464. The van der Waals surface area contributed by atoms with E-state index in [4.69, 9.17) is 5.84 Å². The van der Waals surface area contributed by atoms with E-state index >= 15 is 0 Å². The Kier molecular flexibility index (Phi) is 3.49. The van der Waals surface area contributed by atoms with E-state index in [1.165, 1.54) is 6.92 Å². The molecular formula is C9H12N4O. The zero-order chi connectivity index (χ0) is 10.4. The van der Waals surface area contributed by atoms with Crippen LogP contribution >= 0.6 is 0 Å². The van der Waals surface area contributed by atoms with Crippen LogP contribution in [0, 0.1) is 0 Å². The summed E-state index contributed by atoms with van der Waals surface area (Å²) in [4.78, 5) is 10.9. The smallest absolute Gasteiger partial charge is 0.207 e. The highest BCUT2D eigenvalue weighted by Crippen LogP contribution is 2.02. The molecule has 0 aliphatic heterocycles. The maximum Gasteiger partial charge on any atom is 0.207 e. The van der Waals surface area contributed by atoms with Crippen molar-refractivity contribution in [2.24, 2.45) is 10.9 Å². The summed E-state index contributed by atoms with van der Waals surface area (Å²) >= 11 is 0. The standard InChI is InChI=1S/C9H12N4O/c1-7(14)9(11-10)13-12-8-5-3-2-4-6-8/h2-6,12H,10H2,1H3,(H,11,13). The van der Waals surface area contributed by atoms with E-state index in [-0.39, 0.29) is 11.6 Å². The van der Waals surface area contributed by atoms with Crippen LogP contribution in [0.15, 0.2) is 35.4 Å². The van der Waals surface area contributed by atoms with Gasteiger partial charge in [0.25, 0.3) is 0 Å². The number of amidine groups is 1.